The van der Waals surface area contributed by atoms with Gasteiger partial charge in [-0.25, -0.2) is 27.9 Å². The van der Waals surface area contributed by atoms with E-state index in [0.29, 0.717) is 30.6 Å². The zero-order valence-electron chi connectivity index (χ0n) is 28.6. The number of rotatable bonds is 15. The molecular weight excluding hydrogens is 769 g/mol. The molecule has 0 bridgehead atoms. The van der Waals surface area contributed by atoms with Gasteiger partial charge in [-0.05, 0) is 132 Å². The molecule has 49 heavy (non-hydrogen) atoms. The lowest BCUT2D eigenvalue weighted by molar-refractivity contribution is -0.157. The molecule has 1 unspecified atom stereocenters. The van der Waals surface area contributed by atoms with Gasteiger partial charge in [0.05, 0.1) is 4.90 Å². The van der Waals surface area contributed by atoms with Gasteiger partial charge >= 0.3 is 18.0 Å². The van der Waals surface area contributed by atoms with Crippen molar-refractivity contribution in [1.82, 2.24) is 16.0 Å². The number of hydrogen-bond donors (Lipinski definition) is 5. The Balaban J connectivity index is 2.05. The minimum absolute atomic E-state index is 0.125. The minimum Gasteiger partial charge on any atom is -0.458 e. The first-order chi connectivity index (χ1) is 22.6. The molecule has 2 atom stereocenters. The van der Waals surface area contributed by atoms with Crippen molar-refractivity contribution in [1.29, 1.82) is 0 Å². The largest absolute Gasteiger partial charge is 0.458 e. The normalized spacial score (nSPS) is 13.0. The summed E-state index contributed by atoms with van der Waals surface area (Å²) in [7, 11) is -3.91. The summed E-state index contributed by atoms with van der Waals surface area (Å²) in [6, 6.07) is 9.18. The maximum absolute atomic E-state index is 13.2. The van der Waals surface area contributed by atoms with E-state index >= 15 is 0 Å². The van der Waals surface area contributed by atoms with Crippen LogP contribution in [0.4, 0.5) is 10.5 Å². The van der Waals surface area contributed by atoms with Gasteiger partial charge in [-0.15, -0.1) is 0 Å². The number of benzene rings is 2. The molecule has 6 N–H and O–H groups in total. The van der Waals surface area contributed by atoms with Crippen molar-refractivity contribution in [3.63, 3.8) is 0 Å². The van der Waals surface area contributed by atoms with Gasteiger partial charge in [0.15, 0.2) is 0 Å². The Morgan fingerprint density at radius 3 is 1.88 bits per heavy atom. The van der Waals surface area contributed by atoms with E-state index in [4.69, 9.17) is 14.6 Å². The van der Waals surface area contributed by atoms with Crippen molar-refractivity contribution in [3.8, 4) is 0 Å². The van der Waals surface area contributed by atoms with Crippen molar-refractivity contribution in [2.45, 2.75) is 102 Å². The Morgan fingerprint density at radius 1 is 0.816 bits per heavy atom. The van der Waals surface area contributed by atoms with E-state index in [2.05, 4.69) is 43.9 Å². The van der Waals surface area contributed by atoms with Crippen LogP contribution in [-0.4, -0.2) is 68.0 Å². The van der Waals surface area contributed by atoms with Crippen LogP contribution in [0, 0.1) is 3.57 Å². The Bertz CT molecular complexity index is 1590. The molecule has 270 valence electrons. The zero-order chi connectivity index (χ0) is 37.0. The van der Waals surface area contributed by atoms with Gasteiger partial charge in [0.2, 0.25) is 15.9 Å². The number of unbranched alkanes of at least 4 members (excludes halogenated alkanes) is 1. The molecule has 0 aliphatic carbocycles. The number of anilines is 1. The molecule has 0 spiro atoms. The van der Waals surface area contributed by atoms with E-state index in [1.165, 1.54) is 24.3 Å². The highest BCUT2D eigenvalue weighted by Crippen LogP contribution is 2.16. The number of amides is 4. The predicted molar refractivity (Wildman–Crippen MR) is 192 cm³/mol. The number of sulfonamides is 1. The first-order valence-electron chi connectivity index (χ1n) is 15.6. The first kappa shape index (κ1) is 41.4. The molecule has 0 fully saturated rings. The Labute approximate surface area is 301 Å². The summed E-state index contributed by atoms with van der Waals surface area (Å²) in [4.78, 5) is 64.2. The fourth-order valence-electron chi connectivity index (χ4n) is 4.24. The summed E-state index contributed by atoms with van der Waals surface area (Å²) < 4.78 is 34.9. The lowest BCUT2D eigenvalue weighted by Crippen LogP contribution is -2.53. The number of halogens is 1. The molecular formula is C33H46IN5O9S. The van der Waals surface area contributed by atoms with E-state index in [1.807, 2.05) is 6.07 Å². The van der Waals surface area contributed by atoms with E-state index in [0.717, 1.165) is 3.57 Å². The van der Waals surface area contributed by atoms with Gasteiger partial charge in [0.25, 0.3) is 5.91 Å². The van der Waals surface area contributed by atoms with Crippen LogP contribution in [0.2, 0.25) is 0 Å². The third-order valence-electron chi connectivity index (χ3n) is 6.41. The molecule has 0 aliphatic heterocycles. The number of hydrogen-bond acceptors (Lipinski definition) is 9. The third-order valence-corrected chi connectivity index (χ3v) is 8.01. The van der Waals surface area contributed by atoms with Crippen molar-refractivity contribution >= 4 is 68.1 Å². The van der Waals surface area contributed by atoms with Crippen LogP contribution in [0.1, 0.15) is 84.0 Å². The third kappa shape index (κ3) is 16.5. The quantitative estimate of drug-likeness (QED) is 0.0999. The molecule has 16 heteroatoms. The summed E-state index contributed by atoms with van der Waals surface area (Å²) in [6.07, 6.45) is 0.777. The molecule has 0 saturated carbocycles. The summed E-state index contributed by atoms with van der Waals surface area (Å²) in [5.41, 5.74) is -0.895. The number of nitrogens with two attached hydrogens (primary N) is 1. The molecule has 2 rings (SSSR count). The maximum Gasteiger partial charge on any atom is 0.329 e. The average Bonchev–Trinajstić information content (AvgIpc) is 2.96. The van der Waals surface area contributed by atoms with Gasteiger partial charge in [0.1, 0.15) is 23.3 Å². The van der Waals surface area contributed by atoms with Crippen LogP contribution in [0.25, 0.3) is 0 Å². The van der Waals surface area contributed by atoms with E-state index in [1.54, 1.807) is 59.7 Å². The topological polar surface area (TPSA) is 212 Å². The summed E-state index contributed by atoms with van der Waals surface area (Å²) in [5.74, 6) is -2.20. The van der Waals surface area contributed by atoms with Crippen LogP contribution in [0.3, 0.4) is 0 Å². The Hall–Kier alpha value is -3.77. The van der Waals surface area contributed by atoms with Crippen molar-refractivity contribution in [3.05, 3.63) is 57.7 Å². The lowest BCUT2D eigenvalue weighted by Gasteiger charge is -2.27. The molecule has 2 aromatic rings. The SMILES string of the molecule is CC(C)(C)OC(=O)C(CCCCNC(=O)c1cccc(I)c1)NC(=O)N[C@@H](CCC(=O)Nc1ccc(S(N)(=O)=O)cc1)C(=O)OC(C)(C)C. The van der Waals surface area contributed by atoms with Gasteiger partial charge in [-0.2, -0.15) is 0 Å². The van der Waals surface area contributed by atoms with Crippen LogP contribution in [0.15, 0.2) is 53.4 Å². The van der Waals surface area contributed by atoms with Gasteiger partial charge in [-0.1, -0.05) is 6.07 Å². The van der Waals surface area contributed by atoms with Crippen LogP contribution in [0.5, 0.6) is 0 Å². The number of esters is 2. The highest BCUT2D eigenvalue weighted by atomic mass is 127. The highest BCUT2D eigenvalue weighted by Gasteiger charge is 2.30. The lowest BCUT2D eigenvalue weighted by atomic mass is 10.1. The predicted octanol–water partition coefficient (Wildman–Crippen LogP) is 3.98. The second-order valence-electron chi connectivity index (χ2n) is 13.2. The molecule has 2 aromatic carbocycles. The number of ether oxygens (including phenoxy) is 2. The monoisotopic (exact) mass is 815 g/mol. The number of nitrogens with one attached hydrogen (secondary N) is 4. The van der Waals surface area contributed by atoms with Crippen LogP contribution < -0.4 is 26.4 Å². The Morgan fingerprint density at radius 2 is 1.37 bits per heavy atom. The fraction of sp³-hybridized carbons (Fsp3) is 0.485. The summed E-state index contributed by atoms with van der Waals surface area (Å²) in [5, 5.41) is 15.6. The fourth-order valence-corrected chi connectivity index (χ4v) is 5.29. The number of carbonyl (C=O) groups excluding carboxylic acids is 5. The van der Waals surface area contributed by atoms with Crippen molar-refractivity contribution in [2.75, 3.05) is 11.9 Å². The maximum atomic E-state index is 13.2. The zero-order valence-corrected chi connectivity index (χ0v) is 31.5. The van der Waals surface area contributed by atoms with Crippen LogP contribution in [-0.2, 0) is 33.9 Å². The van der Waals surface area contributed by atoms with Gasteiger partial charge in [0, 0.05) is 27.8 Å². The number of primary sulfonamides is 1. The molecule has 0 aliphatic rings. The minimum atomic E-state index is -3.91. The second kappa shape index (κ2) is 18.3. The Kier molecular flexibility index (Phi) is 15.5. The second-order valence-corrected chi connectivity index (χ2v) is 16.0. The first-order valence-corrected chi connectivity index (χ1v) is 18.2. The number of urea groups is 1. The van der Waals surface area contributed by atoms with Crippen LogP contribution >= 0.6 is 22.6 Å². The summed E-state index contributed by atoms with van der Waals surface area (Å²) >= 11 is 2.13. The molecule has 14 nitrogen and oxygen atoms in total. The molecule has 4 amide bonds. The smallest absolute Gasteiger partial charge is 0.329 e. The van der Waals surface area contributed by atoms with Crippen molar-refractivity contribution < 1.29 is 41.9 Å². The molecule has 0 radical (unpaired) electrons. The molecule has 0 saturated heterocycles. The van der Waals surface area contributed by atoms with Crippen molar-refractivity contribution in [2.24, 2.45) is 5.14 Å². The van der Waals surface area contributed by atoms with Gasteiger partial charge in [-0.3, -0.25) is 9.59 Å². The average molecular weight is 816 g/mol. The molecule has 0 heterocycles. The van der Waals surface area contributed by atoms with E-state index in [-0.39, 0.29) is 30.1 Å². The standard InChI is InChI=1S/C33H46IN5O9S/c1-32(2,3)47-29(42)25(12-7-8-19-36-28(41)21-10-9-11-22(34)20-21)38-31(44)39-26(30(43)48-33(4,5)6)17-18-27(40)37-23-13-15-24(16-14-23)49(35,45)46/h9-11,13-16,20,25-26H,7-8,12,17-19H2,1-6H3,(H,36,41)(H,37,40)(H2,35,45,46)(H2,38,39,44)/t25?,26-/m0/s1. The highest BCUT2D eigenvalue weighted by molar-refractivity contribution is 14.1. The van der Waals surface area contributed by atoms with E-state index < -0.39 is 57.2 Å². The van der Waals surface area contributed by atoms with E-state index in [9.17, 15) is 32.4 Å². The summed E-state index contributed by atoms with van der Waals surface area (Å²) in [6.45, 7) is 10.4. The van der Waals surface area contributed by atoms with Gasteiger partial charge < -0.3 is 30.7 Å². The molecule has 0 aromatic heterocycles. The number of carbonyl (C=O) groups is 5.